The van der Waals surface area contributed by atoms with Gasteiger partial charge in [0.05, 0.1) is 0 Å². The molecule has 0 heterocycles. The first kappa shape index (κ1) is 15.8. The number of hydrogen-bond donors (Lipinski definition) is 0. The first-order valence-corrected chi connectivity index (χ1v) is 7.01. The Hall–Kier alpha value is -2.56. The molecule has 5 nitrogen and oxygen atoms in total. The molecule has 0 amide bonds. The summed E-state index contributed by atoms with van der Waals surface area (Å²) in [5, 5.41) is 10.8. The van der Waals surface area contributed by atoms with Crippen molar-refractivity contribution in [2.45, 2.75) is 26.0 Å². The fraction of sp³-hybridized carbons (Fsp3) is 0.294. The van der Waals surface area contributed by atoms with Crippen molar-refractivity contribution in [2.75, 3.05) is 6.61 Å². The summed E-state index contributed by atoms with van der Waals surface area (Å²) in [5.41, 5.74) is -0.0155. The predicted octanol–water partition coefficient (Wildman–Crippen LogP) is 3.70. The Morgan fingerprint density at radius 2 is 1.50 bits per heavy atom. The molecule has 0 saturated heterocycles. The highest BCUT2D eigenvalue weighted by atomic mass is 16.6. The van der Waals surface area contributed by atoms with E-state index in [0.717, 1.165) is 11.3 Å². The molecule has 0 aliphatic rings. The topological polar surface area (TPSA) is 61.6 Å². The molecule has 0 aliphatic carbocycles. The van der Waals surface area contributed by atoms with Gasteiger partial charge in [0.25, 0.3) is 0 Å². The van der Waals surface area contributed by atoms with E-state index in [2.05, 4.69) is 0 Å². The zero-order chi connectivity index (χ0) is 16.0. The Balaban J connectivity index is 1.86. The van der Waals surface area contributed by atoms with Crippen molar-refractivity contribution >= 4 is 0 Å². The molecule has 5 heteroatoms. The van der Waals surface area contributed by atoms with Crippen LogP contribution in [0.5, 0.6) is 11.5 Å². The maximum atomic E-state index is 10.8. The molecule has 0 saturated carbocycles. The van der Waals surface area contributed by atoms with Crippen molar-refractivity contribution in [1.82, 2.24) is 0 Å². The molecule has 0 aromatic heterocycles. The van der Waals surface area contributed by atoms with E-state index >= 15 is 0 Å². The molecule has 0 atom stereocenters. The maximum absolute atomic E-state index is 10.8. The van der Waals surface area contributed by atoms with Crippen LogP contribution in [0.15, 0.2) is 54.6 Å². The lowest BCUT2D eigenvalue weighted by molar-refractivity contribution is -0.562. The lowest BCUT2D eigenvalue weighted by Crippen LogP contribution is -2.37. The molecule has 2 aromatic carbocycles. The average Bonchev–Trinajstić information content (AvgIpc) is 2.53. The number of hydrogen-bond acceptors (Lipinski definition) is 4. The fourth-order valence-corrected chi connectivity index (χ4v) is 1.69. The highest BCUT2D eigenvalue weighted by molar-refractivity contribution is 5.31. The van der Waals surface area contributed by atoms with E-state index in [1.807, 2.05) is 30.3 Å². The highest BCUT2D eigenvalue weighted by Gasteiger charge is 2.31. The Labute approximate surface area is 129 Å². The molecular formula is C17H19NO4. The molecule has 0 radical (unpaired) electrons. The number of ether oxygens (including phenoxy) is 2. The summed E-state index contributed by atoms with van der Waals surface area (Å²) in [5.74, 6) is 1.31. The van der Waals surface area contributed by atoms with Crippen LogP contribution >= 0.6 is 0 Å². The van der Waals surface area contributed by atoms with Crippen LogP contribution in [0.25, 0.3) is 0 Å². The van der Waals surface area contributed by atoms with Crippen LogP contribution in [0, 0.1) is 10.1 Å². The average molecular weight is 301 g/mol. The third-order valence-corrected chi connectivity index (χ3v) is 3.16. The minimum absolute atomic E-state index is 0.0181. The zero-order valence-electron chi connectivity index (χ0n) is 12.7. The van der Waals surface area contributed by atoms with Gasteiger partial charge < -0.3 is 9.47 Å². The number of benzene rings is 2. The van der Waals surface area contributed by atoms with Crippen LogP contribution in [0.3, 0.4) is 0 Å². The second-order valence-electron chi connectivity index (χ2n) is 5.60. The largest absolute Gasteiger partial charge is 0.489 e. The minimum Gasteiger partial charge on any atom is -0.489 e. The van der Waals surface area contributed by atoms with Crippen molar-refractivity contribution in [3.8, 4) is 11.5 Å². The lowest BCUT2D eigenvalue weighted by atomic mass is 10.1. The van der Waals surface area contributed by atoms with Crippen LogP contribution in [-0.4, -0.2) is 17.1 Å². The van der Waals surface area contributed by atoms with Crippen LogP contribution in [0.2, 0.25) is 0 Å². The van der Waals surface area contributed by atoms with Gasteiger partial charge >= 0.3 is 0 Å². The SMILES string of the molecule is CC(C)(COc1ccc(OCc2ccccc2)cc1)[N+](=O)[O-]. The van der Waals surface area contributed by atoms with E-state index in [0.29, 0.717) is 12.4 Å². The van der Waals surface area contributed by atoms with Crippen LogP contribution in [0.1, 0.15) is 19.4 Å². The van der Waals surface area contributed by atoms with E-state index in [-0.39, 0.29) is 11.5 Å². The Morgan fingerprint density at radius 1 is 0.955 bits per heavy atom. The Kier molecular flexibility index (Phi) is 4.99. The summed E-state index contributed by atoms with van der Waals surface area (Å²) in [4.78, 5) is 10.5. The van der Waals surface area contributed by atoms with Crippen molar-refractivity contribution in [2.24, 2.45) is 0 Å². The van der Waals surface area contributed by atoms with E-state index in [4.69, 9.17) is 9.47 Å². The highest BCUT2D eigenvalue weighted by Crippen LogP contribution is 2.20. The molecule has 0 spiro atoms. The molecule has 0 N–H and O–H groups in total. The lowest BCUT2D eigenvalue weighted by Gasteiger charge is -2.16. The van der Waals surface area contributed by atoms with E-state index in [1.165, 1.54) is 13.8 Å². The number of nitrogens with zero attached hydrogens (tertiary/aromatic N) is 1. The second-order valence-corrected chi connectivity index (χ2v) is 5.60. The predicted molar refractivity (Wildman–Crippen MR) is 83.8 cm³/mol. The smallest absolute Gasteiger partial charge is 0.250 e. The fourth-order valence-electron chi connectivity index (χ4n) is 1.69. The summed E-state index contributed by atoms with van der Waals surface area (Å²) < 4.78 is 11.1. The van der Waals surface area contributed by atoms with Gasteiger partial charge in [0.2, 0.25) is 5.54 Å². The summed E-state index contributed by atoms with van der Waals surface area (Å²) in [7, 11) is 0. The van der Waals surface area contributed by atoms with Gasteiger partial charge in [0, 0.05) is 18.8 Å². The van der Waals surface area contributed by atoms with Gasteiger partial charge in [-0.05, 0) is 29.8 Å². The van der Waals surface area contributed by atoms with Crippen molar-refractivity contribution in [1.29, 1.82) is 0 Å². The first-order chi connectivity index (χ1) is 10.5. The summed E-state index contributed by atoms with van der Waals surface area (Å²) in [6.07, 6.45) is 0. The summed E-state index contributed by atoms with van der Waals surface area (Å²) in [6.45, 7) is 3.58. The van der Waals surface area contributed by atoms with Gasteiger partial charge in [-0.2, -0.15) is 0 Å². The molecule has 0 bridgehead atoms. The van der Waals surface area contributed by atoms with E-state index < -0.39 is 5.54 Å². The molecule has 0 aliphatic heterocycles. The van der Waals surface area contributed by atoms with Gasteiger partial charge in [-0.1, -0.05) is 30.3 Å². The quantitative estimate of drug-likeness (QED) is 0.578. The minimum atomic E-state index is -1.11. The molecule has 0 unspecified atom stereocenters. The maximum Gasteiger partial charge on any atom is 0.250 e. The van der Waals surface area contributed by atoms with Crippen LogP contribution in [0.4, 0.5) is 0 Å². The van der Waals surface area contributed by atoms with Crippen LogP contribution in [-0.2, 0) is 6.61 Å². The molecule has 2 aromatic rings. The summed E-state index contributed by atoms with van der Waals surface area (Å²) >= 11 is 0. The van der Waals surface area contributed by atoms with E-state index in [9.17, 15) is 10.1 Å². The van der Waals surface area contributed by atoms with Gasteiger partial charge in [0.15, 0.2) is 6.61 Å². The third-order valence-electron chi connectivity index (χ3n) is 3.16. The standard InChI is InChI=1S/C17H19NO4/c1-17(2,18(19)20)13-22-16-10-8-15(9-11-16)21-12-14-6-4-3-5-7-14/h3-11H,12-13H2,1-2H3. The van der Waals surface area contributed by atoms with Crippen molar-refractivity contribution < 1.29 is 14.4 Å². The second kappa shape index (κ2) is 6.93. The first-order valence-electron chi connectivity index (χ1n) is 7.01. The molecular weight excluding hydrogens is 282 g/mol. The number of rotatable bonds is 7. The molecule has 2 rings (SSSR count). The Morgan fingerprint density at radius 3 is 2.05 bits per heavy atom. The van der Waals surface area contributed by atoms with Gasteiger partial charge in [0.1, 0.15) is 18.1 Å². The van der Waals surface area contributed by atoms with Gasteiger partial charge in [-0.25, -0.2) is 0 Å². The number of nitro groups is 1. The monoisotopic (exact) mass is 301 g/mol. The molecule has 22 heavy (non-hydrogen) atoms. The summed E-state index contributed by atoms with van der Waals surface area (Å²) in [6, 6.07) is 17.0. The van der Waals surface area contributed by atoms with E-state index in [1.54, 1.807) is 24.3 Å². The van der Waals surface area contributed by atoms with Gasteiger partial charge in [-0.3, -0.25) is 10.1 Å². The molecule has 0 fully saturated rings. The third kappa shape index (κ3) is 4.48. The van der Waals surface area contributed by atoms with Crippen molar-refractivity contribution in [3.05, 3.63) is 70.3 Å². The van der Waals surface area contributed by atoms with Crippen LogP contribution < -0.4 is 9.47 Å². The normalized spacial score (nSPS) is 11.0. The Bertz CT molecular complexity index is 608. The van der Waals surface area contributed by atoms with Gasteiger partial charge in [-0.15, -0.1) is 0 Å². The van der Waals surface area contributed by atoms with Crippen molar-refractivity contribution in [3.63, 3.8) is 0 Å². The zero-order valence-corrected chi connectivity index (χ0v) is 12.7. The molecule has 116 valence electrons.